The minimum Gasteiger partial charge on any atom is -0.266 e. The monoisotopic (exact) mass is 302 g/mol. The molecule has 7 heteroatoms. The predicted molar refractivity (Wildman–Crippen MR) is 79.7 cm³/mol. The van der Waals surface area contributed by atoms with Crippen molar-refractivity contribution in [2.45, 2.75) is 6.92 Å². The summed E-state index contributed by atoms with van der Waals surface area (Å²) in [5.41, 5.74) is 1.06. The highest BCUT2D eigenvalue weighted by atomic mass is 35.5. The Morgan fingerprint density at radius 2 is 2.10 bits per heavy atom. The molecule has 0 bridgehead atoms. The summed E-state index contributed by atoms with van der Waals surface area (Å²) in [6.07, 6.45) is 1.51. The van der Waals surface area contributed by atoms with Crippen LogP contribution in [0.4, 0.5) is 0 Å². The molecule has 0 aliphatic heterocycles. The number of fused-ring (bicyclic) bond motifs is 4. The first-order valence-corrected chi connectivity index (χ1v) is 7.08. The Kier molecular flexibility index (Phi) is 2.33. The Balaban J connectivity index is 2.33. The molecule has 5 nitrogen and oxygen atoms in total. The van der Waals surface area contributed by atoms with E-state index in [1.807, 2.05) is 19.1 Å². The number of aryl methyl sites for hydroxylation is 1. The summed E-state index contributed by atoms with van der Waals surface area (Å²) >= 11 is 7.52. The van der Waals surface area contributed by atoms with Gasteiger partial charge in [-0.15, -0.1) is 0 Å². The Morgan fingerprint density at radius 3 is 2.95 bits per heavy atom. The number of aromatic nitrogens is 4. The zero-order chi connectivity index (χ0) is 13.9. The Labute approximate surface area is 121 Å². The van der Waals surface area contributed by atoms with Gasteiger partial charge in [-0.2, -0.15) is 9.61 Å². The van der Waals surface area contributed by atoms with Gasteiger partial charge in [-0.25, -0.2) is 4.98 Å². The van der Waals surface area contributed by atoms with E-state index in [2.05, 4.69) is 15.1 Å². The van der Waals surface area contributed by atoms with Gasteiger partial charge in [0.1, 0.15) is 5.01 Å². The number of hydrogen-bond acceptors (Lipinski definition) is 5. The van der Waals surface area contributed by atoms with E-state index in [0.29, 0.717) is 26.4 Å². The lowest BCUT2D eigenvalue weighted by Gasteiger charge is -2.03. The van der Waals surface area contributed by atoms with E-state index in [1.165, 1.54) is 22.0 Å². The lowest BCUT2D eigenvalue weighted by molar-refractivity contribution is 0.895. The van der Waals surface area contributed by atoms with E-state index < -0.39 is 0 Å². The molecule has 0 radical (unpaired) electrons. The Hall–Kier alpha value is -2.05. The summed E-state index contributed by atoms with van der Waals surface area (Å²) in [4.78, 5) is 21.8. The van der Waals surface area contributed by atoms with Gasteiger partial charge in [-0.05, 0) is 13.0 Å². The maximum absolute atomic E-state index is 12.4. The van der Waals surface area contributed by atoms with Gasteiger partial charge in [0, 0.05) is 11.6 Å². The smallest absolute Gasteiger partial charge is 0.266 e. The molecule has 20 heavy (non-hydrogen) atoms. The molecule has 1 aromatic carbocycles. The molecule has 98 valence electrons. The third-order valence-corrected chi connectivity index (χ3v) is 4.24. The minimum atomic E-state index is -0.205. The van der Waals surface area contributed by atoms with Crippen molar-refractivity contribution in [3.8, 4) is 0 Å². The van der Waals surface area contributed by atoms with Crippen molar-refractivity contribution in [1.29, 1.82) is 0 Å². The first kappa shape index (κ1) is 11.7. The maximum Gasteiger partial charge on any atom is 0.284 e. The van der Waals surface area contributed by atoms with Gasteiger partial charge in [0.25, 0.3) is 5.56 Å². The van der Waals surface area contributed by atoms with Crippen LogP contribution in [0.3, 0.4) is 0 Å². The van der Waals surface area contributed by atoms with Gasteiger partial charge < -0.3 is 0 Å². The van der Waals surface area contributed by atoms with Gasteiger partial charge in [-0.1, -0.05) is 35.1 Å². The van der Waals surface area contributed by atoms with E-state index in [0.717, 1.165) is 10.4 Å². The lowest BCUT2D eigenvalue weighted by atomic mass is 10.1. The van der Waals surface area contributed by atoms with E-state index in [1.54, 1.807) is 6.07 Å². The summed E-state index contributed by atoms with van der Waals surface area (Å²) in [6.45, 7) is 1.84. The zero-order valence-electron chi connectivity index (χ0n) is 10.3. The van der Waals surface area contributed by atoms with E-state index in [4.69, 9.17) is 11.6 Å². The van der Waals surface area contributed by atoms with E-state index >= 15 is 0 Å². The third-order valence-electron chi connectivity index (χ3n) is 3.11. The largest absolute Gasteiger partial charge is 0.284 e. The summed E-state index contributed by atoms with van der Waals surface area (Å²) in [6, 6.07) is 5.46. The normalized spacial score (nSPS) is 11.7. The van der Waals surface area contributed by atoms with Crippen LogP contribution in [0, 0.1) is 6.92 Å². The predicted octanol–water partition coefficient (Wildman–Crippen LogP) is 2.81. The van der Waals surface area contributed by atoms with Crippen LogP contribution >= 0.6 is 22.9 Å². The van der Waals surface area contributed by atoms with Crippen molar-refractivity contribution >= 4 is 49.7 Å². The molecular weight excluding hydrogens is 296 g/mol. The SMILES string of the molecule is Cc1nn2c(=O)c3cnc4c(Cl)cccc4c3nc2s1. The van der Waals surface area contributed by atoms with Crippen LogP contribution in [-0.2, 0) is 0 Å². The molecule has 0 saturated carbocycles. The fourth-order valence-electron chi connectivity index (χ4n) is 2.24. The van der Waals surface area contributed by atoms with Crippen LogP contribution in [0.1, 0.15) is 5.01 Å². The number of halogens is 1. The molecule has 0 spiro atoms. The molecule has 0 unspecified atom stereocenters. The minimum absolute atomic E-state index is 0.205. The Bertz CT molecular complexity index is 1050. The molecule has 0 N–H and O–H groups in total. The van der Waals surface area contributed by atoms with Gasteiger partial charge >= 0.3 is 0 Å². The summed E-state index contributed by atoms with van der Waals surface area (Å²) < 4.78 is 1.32. The number of benzene rings is 1. The number of nitrogens with zero attached hydrogens (tertiary/aromatic N) is 4. The van der Waals surface area contributed by atoms with Crippen LogP contribution in [0.5, 0.6) is 0 Å². The van der Waals surface area contributed by atoms with E-state index in [-0.39, 0.29) is 5.56 Å². The quantitative estimate of drug-likeness (QED) is 0.469. The number of pyridine rings is 1. The highest BCUT2D eigenvalue weighted by Crippen LogP contribution is 2.26. The highest BCUT2D eigenvalue weighted by molar-refractivity contribution is 7.16. The second kappa shape index (κ2) is 3.97. The fourth-order valence-corrected chi connectivity index (χ4v) is 3.20. The van der Waals surface area contributed by atoms with Crippen molar-refractivity contribution in [2.24, 2.45) is 0 Å². The van der Waals surface area contributed by atoms with Crippen LogP contribution in [0.2, 0.25) is 5.02 Å². The van der Waals surface area contributed by atoms with Gasteiger partial charge in [0.2, 0.25) is 4.96 Å². The maximum atomic E-state index is 12.4. The highest BCUT2D eigenvalue weighted by Gasteiger charge is 2.13. The topological polar surface area (TPSA) is 60.2 Å². The van der Waals surface area contributed by atoms with Crippen molar-refractivity contribution in [3.63, 3.8) is 0 Å². The molecule has 0 amide bonds. The molecule has 0 atom stereocenters. The van der Waals surface area contributed by atoms with Crippen LogP contribution < -0.4 is 5.56 Å². The first-order valence-electron chi connectivity index (χ1n) is 5.88. The molecule has 4 rings (SSSR count). The van der Waals surface area contributed by atoms with Crippen LogP contribution in [0.25, 0.3) is 26.8 Å². The summed E-state index contributed by atoms with van der Waals surface area (Å²) in [5, 5.41) is 6.73. The van der Waals surface area contributed by atoms with Crippen molar-refractivity contribution in [3.05, 3.63) is 44.8 Å². The third kappa shape index (κ3) is 1.49. The van der Waals surface area contributed by atoms with Gasteiger partial charge in [0.15, 0.2) is 0 Å². The Morgan fingerprint density at radius 1 is 1.25 bits per heavy atom. The molecule has 0 saturated heterocycles. The van der Waals surface area contributed by atoms with Crippen LogP contribution in [0.15, 0.2) is 29.2 Å². The van der Waals surface area contributed by atoms with Crippen molar-refractivity contribution < 1.29 is 0 Å². The fraction of sp³-hybridized carbons (Fsp3) is 0.0769. The summed E-state index contributed by atoms with van der Waals surface area (Å²) in [5.74, 6) is 0. The first-order chi connectivity index (χ1) is 9.65. The average Bonchev–Trinajstić information content (AvgIpc) is 2.80. The average molecular weight is 303 g/mol. The number of para-hydroxylation sites is 1. The van der Waals surface area contributed by atoms with E-state index in [9.17, 15) is 4.79 Å². The van der Waals surface area contributed by atoms with Crippen molar-refractivity contribution in [2.75, 3.05) is 0 Å². The van der Waals surface area contributed by atoms with Gasteiger partial charge in [0.05, 0.1) is 21.4 Å². The number of hydrogen-bond donors (Lipinski definition) is 0. The molecule has 0 aliphatic carbocycles. The molecule has 0 aliphatic rings. The molecule has 4 aromatic rings. The summed E-state index contributed by atoms with van der Waals surface area (Å²) in [7, 11) is 0. The second-order valence-electron chi connectivity index (χ2n) is 4.39. The number of rotatable bonds is 0. The van der Waals surface area contributed by atoms with Gasteiger partial charge in [-0.3, -0.25) is 9.78 Å². The molecular formula is C13H7ClN4OS. The van der Waals surface area contributed by atoms with Crippen LogP contribution in [-0.4, -0.2) is 19.6 Å². The lowest BCUT2D eigenvalue weighted by Crippen LogP contribution is -2.15. The molecule has 3 aromatic heterocycles. The zero-order valence-corrected chi connectivity index (χ0v) is 11.9. The molecule has 0 fully saturated rings. The molecule has 3 heterocycles. The van der Waals surface area contributed by atoms with Crippen molar-refractivity contribution in [1.82, 2.24) is 19.6 Å². The second-order valence-corrected chi connectivity index (χ2v) is 5.96. The standard InChI is InChI=1S/C13H7ClN4OS/c1-6-17-18-12(19)8-5-15-11-7(3-2-4-9(11)14)10(8)16-13(18)20-6/h2-5H,1H3.